The summed E-state index contributed by atoms with van der Waals surface area (Å²) in [5, 5.41) is 5.71. The zero-order valence-electron chi connectivity index (χ0n) is 10.0. The van der Waals surface area contributed by atoms with E-state index < -0.39 is 21.9 Å². The zero-order chi connectivity index (χ0) is 13.2. The number of pyridine rings is 1. The minimum Gasteiger partial charge on any atom is -0.598 e. The van der Waals surface area contributed by atoms with Gasteiger partial charge in [0.15, 0.2) is 0 Å². The monoisotopic (exact) mass is 278 g/mol. The molecule has 3 nitrogen and oxygen atoms in total. The quantitative estimate of drug-likeness (QED) is 0.862. The minimum atomic E-state index is -1.43. The molecule has 2 N–H and O–H groups in total. The lowest BCUT2D eigenvalue weighted by Gasteiger charge is -2.27. The standard InChI is InChI=1S/C11H16ClFN2OS/c1-7(5-11(2,3)17(14)16)10-9(12)4-8(13)6-15-10/h4,6-7H,5,14H2,1-3H3. The van der Waals surface area contributed by atoms with Crippen molar-refractivity contribution in [2.45, 2.75) is 37.9 Å². The van der Waals surface area contributed by atoms with Crippen LogP contribution in [0.2, 0.25) is 5.02 Å². The third-order valence-electron chi connectivity index (χ3n) is 2.65. The van der Waals surface area contributed by atoms with Gasteiger partial charge in [-0.25, -0.2) is 4.39 Å². The van der Waals surface area contributed by atoms with Crippen LogP contribution in [-0.2, 0) is 11.4 Å². The van der Waals surface area contributed by atoms with Gasteiger partial charge in [-0.05, 0) is 19.9 Å². The zero-order valence-corrected chi connectivity index (χ0v) is 11.6. The number of hydrogen-bond donors (Lipinski definition) is 1. The first-order valence-electron chi connectivity index (χ1n) is 5.21. The Morgan fingerprint density at radius 2 is 2.24 bits per heavy atom. The molecule has 96 valence electrons. The molecule has 6 heteroatoms. The fourth-order valence-corrected chi connectivity index (χ4v) is 2.46. The van der Waals surface area contributed by atoms with Crippen molar-refractivity contribution in [3.8, 4) is 0 Å². The molecular formula is C11H16ClFN2OS. The van der Waals surface area contributed by atoms with Crippen molar-refractivity contribution in [2.75, 3.05) is 0 Å². The maximum absolute atomic E-state index is 12.9. The molecule has 0 fully saturated rings. The second-order valence-electron chi connectivity index (χ2n) is 4.68. The largest absolute Gasteiger partial charge is 0.598 e. The molecule has 0 bridgehead atoms. The lowest BCUT2D eigenvalue weighted by molar-refractivity contribution is 0.495. The van der Waals surface area contributed by atoms with Crippen LogP contribution in [0.15, 0.2) is 12.3 Å². The van der Waals surface area contributed by atoms with Crippen molar-refractivity contribution in [3.63, 3.8) is 0 Å². The van der Waals surface area contributed by atoms with Gasteiger partial charge in [0.25, 0.3) is 0 Å². The highest BCUT2D eigenvalue weighted by molar-refractivity contribution is 7.90. The summed E-state index contributed by atoms with van der Waals surface area (Å²) >= 11 is 4.50. The van der Waals surface area contributed by atoms with Crippen LogP contribution >= 0.6 is 11.6 Å². The Bertz CT molecular complexity index is 401. The van der Waals surface area contributed by atoms with Gasteiger partial charge in [-0.15, -0.1) is 0 Å². The van der Waals surface area contributed by atoms with Crippen molar-refractivity contribution in [1.82, 2.24) is 4.98 Å². The first-order chi connectivity index (χ1) is 7.74. The van der Waals surface area contributed by atoms with Crippen LogP contribution in [0.3, 0.4) is 0 Å². The summed E-state index contributed by atoms with van der Waals surface area (Å²) in [5.41, 5.74) is 0.603. The summed E-state index contributed by atoms with van der Waals surface area (Å²) in [6.07, 6.45) is 1.69. The van der Waals surface area contributed by atoms with Crippen LogP contribution in [0, 0.1) is 5.82 Å². The van der Waals surface area contributed by atoms with Gasteiger partial charge in [0, 0.05) is 23.7 Å². The second-order valence-corrected chi connectivity index (χ2v) is 6.79. The second kappa shape index (κ2) is 5.52. The van der Waals surface area contributed by atoms with Crippen LogP contribution in [0.1, 0.15) is 38.8 Å². The number of aromatic nitrogens is 1. The predicted octanol–water partition coefficient (Wildman–Crippen LogP) is 2.77. The molecular weight excluding hydrogens is 263 g/mol. The molecule has 0 aliphatic heterocycles. The van der Waals surface area contributed by atoms with Crippen LogP contribution < -0.4 is 5.14 Å². The average molecular weight is 279 g/mol. The Balaban J connectivity index is 2.87. The summed E-state index contributed by atoms with van der Waals surface area (Å²) in [4.78, 5) is 3.97. The van der Waals surface area contributed by atoms with Crippen LogP contribution in [-0.4, -0.2) is 14.3 Å². The van der Waals surface area contributed by atoms with Gasteiger partial charge < -0.3 is 4.55 Å². The average Bonchev–Trinajstić information content (AvgIpc) is 2.15. The number of halogens is 2. The fourth-order valence-electron chi connectivity index (χ4n) is 1.70. The smallest absolute Gasteiger partial charge is 0.142 e. The Kier molecular flexibility index (Phi) is 4.77. The third-order valence-corrected chi connectivity index (χ3v) is 4.20. The number of hydrogen-bond acceptors (Lipinski definition) is 3. The highest BCUT2D eigenvalue weighted by Crippen LogP contribution is 2.32. The van der Waals surface area contributed by atoms with Gasteiger partial charge in [-0.1, -0.05) is 18.5 Å². The van der Waals surface area contributed by atoms with E-state index in [1.807, 2.05) is 20.8 Å². The lowest BCUT2D eigenvalue weighted by Crippen LogP contribution is -2.38. The molecule has 2 atom stereocenters. The van der Waals surface area contributed by atoms with Gasteiger partial charge in [0.1, 0.15) is 10.6 Å². The Morgan fingerprint density at radius 3 is 2.71 bits per heavy atom. The number of nitrogens with zero attached hydrogens (tertiary/aromatic N) is 1. The van der Waals surface area contributed by atoms with Gasteiger partial charge in [-0.3, -0.25) is 4.98 Å². The normalized spacial score (nSPS) is 15.7. The van der Waals surface area contributed by atoms with E-state index in [1.54, 1.807) is 0 Å². The Hall–Kier alpha value is -0.360. The number of nitrogens with two attached hydrogens (primary N) is 1. The summed E-state index contributed by atoms with van der Waals surface area (Å²) < 4.78 is 23.7. The van der Waals surface area contributed by atoms with Crippen LogP contribution in [0.4, 0.5) is 4.39 Å². The SMILES string of the molecule is CC(CC(C)(C)[S+](N)[O-])c1ncc(F)cc1Cl. The van der Waals surface area contributed by atoms with Gasteiger partial charge >= 0.3 is 0 Å². The minimum absolute atomic E-state index is 0.0365. The van der Waals surface area contributed by atoms with Crippen molar-refractivity contribution in [1.29, 1.82) is 0 Å². The third kappa shape index (κ3) is 3.81. The van der Waals surface area contributed by atoms with Gasteiger partial charge in [-0.2, -0.15) is 5.14 Å². The molecule has 1 aromatic heterocycles. The maximum atomic E-state index is 12.9. The van der Waals surface area contributed by atoms with Crippen LogP contribution in [0.25, 0.3) is 0 Å². The van der Waals surface area contributed by atoms with Crippen molar-refractivity contribution in [3.05, 3.63) is 28.8 Å². The molecule has 0 aromatic carbocycles. The summed E-state index contributed by atoms with van der Waals surface area (Å²) in [5.74, 6) is -0.502. The first kappa shape index (κ1) is 14.7. The molecule has 0 aliphatic carbocycles. The van der Waals surface area contributed by atoms with E-state index in [-0.39, 0.29) is 10.9 Å². The van der Waals surface area contributed by atoms with E-state index in [4.69, 9.17) is 16.7 Å². The highest BCUT2D eigenvalue weighted by Gasteiger charge is 2.33. The molecule has 0 spiro atoms. The molecule has 1 rings (SSSR count). The predicted molar refractivity (Wildman–Crippen MR) is 68.6 cm³/mol. The highest BCUT2D eigenvalue weighted by atomic mass is 35.5. The number of rotatable bonds is 4. The molecule has 0 amide bonds. The topological polar surface area (TPSA) is 62.0 Å². The molecule has 0 saturated heterocycles. The molecule has 17 heavy (non-hydrogen) atoms. The van der Waals surface area contributed by atoms with Gasteiger partial charge in [0.05, 0.1) is 16.9 Å². The lowest BCUT2D eigenvalue weighted by atomic mass is 9.95. The Morgan fingerprint density at radius 1 is 1.65 bits per heavy atom. The first-order valence-corrected chi connectivity index (χ1v) is 6.80. The molecule has 2 unspecified atom stereocenters. The van der Waals surface area contributed by atoms with E-state index in [2.05, 4.69) is 4.98 Å². The molecule has 0 saturated carbocycles. The van der Waals surface area contributed by atoms with Crippen LogP contribution in [0.5, 0.6) is 0 Å². The van der Waals surface area contributed by atoms with E-state index in [0.717, 1.165) is 6.20 Å². The van der Waals surface area contributed by atoms with E-state index in [9.17, 15) is 8.94 Å². The van der Waals surface area contributed by atoms with Gasteiger partial charge in [0.2, 0.25) is 0 Å². The molecule has 1 aromatic rings. The Labute approximate surface area is 109 Å². The molecule has 0 aliphatic rings. The fraction of sp³-hybridized carbons (Fsp3) is 0.545. The molecule has 1 heterocycles. The molecule has 0 radical (unpaired) electrons. The summed E-state index contributed by atoms with van der Waals surface area (Å²) in [6, 6.07) is 1.23. The van der Waals surface area contributed by atoms with E-state index >= 15 is 0 Å². The van der Waals surface area contributed by atoms with Crippen molar-refractivity contribution >= 4 is 23.0 Å². The summed E-state index contributed by atoms with van der Waals surface area (Å²) in [7, 11) is 0. The van der Waals surface area contributed by atoms with Crippen molar-refractivity contribution in [2.24, 2.45) is 5.14 Å². The summed E-state index contributed by atoms with van der Waals surface area (Å²) in [6.45, 7) is 5.54. The van der Waals surface area contributed by atoms with Crippen molar-refractivity contribution < 1.29 is 8.94 Å². The van der Waals surface area contributed by atoms with E-state index in [0.29, 0.717) is 12.1 Å². The van der Waals surface area contributed by atoms with E-state index in [1.165, 1.54) is 6.07 Å². The maximum Gasteiger partial charge on any atom is 0.142 e.